The molecule has 18 heavy (non-hydrogen) atoms. The van der Waals surface area contributed by atoms with Gasteiger partial charge in [-0.3, -0.25) is 0 Å². The molecule has 0 spiro atoms. The number of hydrogen-bond donors (Lipinski definition) is 0. The maximum Gasteiger partial charge on any atom is 0.446 e. The molecule has 0 amide bonds. The summed E-state index contributed by atoms with van der Waals surface area (Å²) in [5, 5.41) is 0. The minimum Gasteiger partial charge on any atom is -0.408 e. The molecule has 0 radical (unpaired) electrons. The first-order chi connectivity index (χ1) is 8.35. The van der Waals surface area contributed by atoms with Gasteiger partial charge in [0.25, 0.3) is 0 Å². The van der Waals surface area contributed by atoms with E-state index in [9.17, 15) is 22.0 Å². The van der Waals surface area contributed by atoms with Gasteiger partial charge in [0.15, 0.2) is 5.58 Å². The van der Waals surface area contributed by atoms with Crippen LogP contribution in [0.3, 0.4) is 0 Å². The number of nitrogens with zero attached hydrogens (tertiary/aromatic N) is 1. The van der Waals surface area contributed by atoms with Gasteiger partial charge in [0.05, 0.1) is 4.90 Å². The fraction of sp³-hybridized carbons (Fsp3) is 0.222. The van der Waals surface area contributed by atoms with Crippen LogP contribution in [0, 0.1) is 0 Å². The Kier molecular flexibility index (Phi) is 3.33. The molecule has 9 heteroatoms. The normalized spacial score (nSPS) is 12.3. The van der Waals surface area contributed by atoms with Crippen LogP contribution >= 0.6 is 11.8 Å². The van der Waals surface area contributed by atoms with Gasteiger partial charge in [-0.1, -0.05) is 6.07 Å². The molecule has 0 aliphatic rings. The van der Waals surface area contributed by atoms with Gasteiger partial charge in [-0.15, -0.1) is 0 Å². The Morgan fingerprint density at radius 3 is 2.61 bits per heavy atom. The molecule has 0 saturated heterocycles. The lowest BCUT2D eigenvalue weighted by molar-refractivity contribution is -0.0665. The Morgan fingerprint density at radius 2 is 2.00 bits per heavy atom. The van der Waals surface area contributed by atoms with Crippen molar-refractivity contribution in [3.63, 3.8) is 0 Å². The van der Waals surface area contributed by atoms with E-state index in [2.05, 4.69) is 9.72 Å². The van der Waals surface area contributed by atoms with Crippen molar-refractivity contribution in [1.82, 2.24) is 4.98 Å². The zero-order valence-corrected chi connectivity index (χ0v) is 9.19. The van der Waals surface area contributed by atoms with E-state index in [4.69, 9.17) is 4.42 Å². The van der Waals surface area contributed by atoms with Crippen molar-refractivity contribution in [2.24, 2.45) is 0 Å². The van der Waals surface area contributed by atoms with Crippen LogP contribution in [0.5, 0.6) is 6.08 Å². The summed E-state index contributed by atoms with van der Waals surface area (Å²) in [5.74, 6) is 0. The minimum absolute atomic E-state index is 0.0138. The summed E-state index contributed by atoms with van der Waals surface area (Å²) < 4.78 is 69.1. The predicted octanol–water partition coefficient (Wildman–Crippen LogP) is 4.04. The number of ether oxygens (including phenoxy) is 1. The highest BCUT2D eigenvalue weighted by Crippen LogP contribution is 2.41. The number of para-hydroxylation sites is 1. The molecule has 0 bridgehead atoms. The molecule has 2 aromatic rings. The van der Waals surface area contributed by atoms with Crippen LogP contribution < -0.4 is 4.74 Å². The molecule has 98 valence electrons. The van der Waals surface area contributed by atoms with Gasteiger partial charge in [-0.25, -0.2) is 0 Å². The standard InChI is InChI=1S/C9H4F5NO2S/c10-7(11)17-8-15-4-2-1-3-5(6(4)16-8)18-9(12,13)14/h1-3,7H. The van der Waals surface area contributed by atoms with E-state index in [0.29, 0.717) is 0 Å². The predicted molar refractivity (Wildman–Crippen MR) is 52.6 cm³/mol. The Hall–Kier alpha value is -1.51. The van der Waals surface area contributed by atoms with E-state index < -0.39 is 30.0 Å². The lowest BCUT2D eigenvalue weighted by Gasteiger charge is -2.04. The van der Waals surface area contributed by atoms with Crippen LogP contribution in [0.1, 0.15) is 0 Å². The number of benzene rings is 1. The summed E-state index contributed by atoms with van der Waals surface area (Å²) in [7, 11) is 0. The van der Waals surface area contributed by atoms with E-state index in [1.54, 1.807) is 0 Å². The third-order valence-electron chi connectivity index (χ3n) is 1.77. The molecule has 0 unspecified atom stereocenters. The molecule has 1 aromatic heterocycles. The Bertz CT molecular complexity index is 553. The summed E-state index contributed by atoms with van der Waals surface area (Å²) >= 11 is -0.414. The number of halogens is 5. The van der Waals surface area contributed by atoms with Crippen molar-refractivity contribution in [1.29, 1.82) is 0 Å². The average Bonchev–Trinajstić information content (AvgIpc) is 2.57. The van der Waals surface area contributed by atoms with Gasteiger partial charge < -0.3 is 9.15 Å². The molecular weight excluding hydrogens is 281 g/mol. The van der Waals surface area contributed by atoms with E-state index in [1.165, 1.54) is 12.1 Å². The first-order valence-electron chi connectivity index (χ1n) is 4.45. The van der Waals surface area contributed by atoms with Gasteiger partial charge in [-0.05, 0) is 23.9 Å². The Balaban J connectivity index is 2.39. The average molecular weight is 285 g/mol. The number of oxazole rings is 1. The largest absolute Gasteiger partial charge is 0.446 e. The van der Waals surface area contributed by atoms with Crippen LogP contribution in [0.2, 0.25) is 0 Å². The molecule has 2 rings (SSSR count). The second-order valence-electron chi connectivity index (χ2n) is 3.01. The van der Waals surface area contributed by atoms with Crippen molar-refractivity contribution in [2.45, 2.75) is 17.0 Å². The SMILES string of the molecule is FC(F)Oc1nc2cccc(SC(F)(F)F)c2o1. The van der Waals surface area contributed by atoms with Crippen LogP contribution in [0.25, 0.3) is 11.1 Å². The Labute approximate surface area is 101 Å². The third-order valence-corrected chi connectivity index (χ3v) is 2.55. The highest BCUT2D eigenvalue weighted by molar-refractivity contribution is 8.00. The summed E-state index contributed by atoms with van der Waals surface area (Å²) in [6, 6.07) is 3.79. The molecule has 0 N–H and O–H groups in total. The zero-order valence-electron chi connectivity index (χ0n) is 8.37. The van der Waals surface area contributed by atoms with Gasteiger partial charge in [0.1, 0.15) is 5.52 Å². The second kappa shape index (κ2) is 4.63. The monoisotopic (exact) mass is 285 g/mol. The molecule has 0 aliphatic carbocycles. The molecule has 3 nitrogen and oxygen atoms in total. The maximum atomic E-state index is 12.2. The number of rotatable bonds is 3. The van der Waals surface area contributed by atoms with Crippen LogP contribution in [0.15, 0.2) is 27.5 Å². The van der Waals surface area contributed by atoms with Gasteiger partial charge >= 0.3 is 18.2 Å². The topological polar surface area (TPSA) is 35.3 Å². The van der Waals surface area contributed by atoms with Crippen LogP contribution in [-0.4, -0.2) is 17.1 Å². The maximum absolute atomic E-state index is 12.2. The van der Waals surface area contributed by atoms with E-state index >= 15 is 0 Å². The third kappa shape index (κ3) is 3.03. The highest BCUT2D eigenvalue weighted by atomic mass is 32.2. The first kappa shape index (κ1) is 12.9. The molecule has 1 heterocycles. The van der Waals surface area contributed by atoms with Crippen molar-refractivity contribution in [3.8, 4) is 6.08 Å². The summed E-state index contributed by atoms with van der Waals surface area (Å²) in [6.07, 6.45) is -0.768. The molecule has 0 saturated carbocycles. The minimum atomic E-state index is -4.51. The first-order valence-corrected chi connectivity index (χ1v) is 5.27. The summed E-state index contributed by atoms with van der Waals surface area (Å²) in [5.41, 5.74) is -4.74. The number of thioether (sulfide) groups is 1. The lowest BCUT2D eigenvalue weighted by atomic mass is 10.3. The molecule has 0 aliphatic heterocycles. The smallest absolute Gasteiger partial charge is 0.408 e. The number of aromatic nitrogens is 1. The van der Waals surface area contributed by atoms with E-state index in [1.807, 2.05) is 0 Å². The fourth-order valence-electron chi connectivity index (χ4n) is 1.24. The molecular formula is C9H4F5NO2S. The number of hydrogen-bond acceptors (Lipinski definition) is 4. The van der Waals surface area contributed by atoms with Gasteiger partial charge in [0.2, 0.25) is 0 Å². The van der Waals surface area contributed by atoms with Gasteiger partial charge in [-0.2, -0.15) is 26.9 Å². The molecule has 0 fully saturated rings. The van der Waals surface area contributed by atoms with Crippen LogP contribution in [-0.2, 0) is 0 Å². The van der Waals surface area contributed by atoms with Crippen molar-refractivity contribution in [2.75, 3.05) is 0 Å². The summed E-state index contributed by atoms with van der Waals surface area (Å²) in [6.45, 7) is -3.16. The number of alkyl halides is 5. The van der Waals surface area contributed by atoms with E-state index in [-0.39, 0.29) is 16.0 Å². The highest BCUT2D eigenvalue weighted by Gasteiger charge is 2.31. The fourth-order valence-corrected chi connectivity index (χ4v) is 1.87. The van der Waals surface area contributed by atoms with Crippen molar-refractivity contribution < 1.29 is 31.1 Å². The summed E-state index contributed by atoms with van der Waals surface area (Å²) in [4.78, 5) is 3.23. The van der Waals surface area contributed by atoms with Crippen LogP contribution in [0.4, 0.5) is 22.0 Å². The van der Waals surface area contributed by atoms with Gasteiger partial charge in [0, 0.05) is 0 Å². The lowest BCUT2D eigenvalue weighted by Crippen LogP contribution is -2.01. The van der Waals surface area contributed by atoms with E-state index in [0.717, 1.165) is 6.07 Å². The van der Waals surface area contributed by atoms with Crippen molar-refractivity contribution >= 4 is 22.9 Å². The zero-order chi connectivity index (χ0) is 13.3. The quantitative estimate of drug-likeness (QED) is 0.629. The van der Waals surface area contributed by atoms with Crippen molar-refractivity contribution in [3.05, 3.63) is 18.2 Å². The second-order valence-corrected chi connectivity index (χ2v) is 4.12. The molecule has 1 aromatic carbocycles. The molecule has 0 atom stereocenters. The number of fused-ring (bicyclic) bond motifs is 1. The Morgan fingerprint density at radius 1 is 1.28 bits per heavy atom.